The molecule has 0 atom stereocenters. The van der Waals surface area contributed by atoms with Crippen molar-refractivity contribution < 1.29 is 4.79 Å². The Bertz CT molecular complexity index is 1160. The summed E-state index contributed by atoms with van der Waals surface area (Å²) in [6.45, 7) is 13.0. The average Bonchev–Trinajstić information content (AvgIpc) is 3.34. The molecule has 1 aliphatic heterocycles. The lowest BCUT2D eigenvalue weighted by molar-refractivity contribution is -0.0391. The van der Waals surface area contributed by atoms with E-state index in [2.05, 4.69) is 65.7 Å². The zero-order valence-corrected chi connectivity index (χ0v) is 21.8. The molecule has 0 unspecified atom stereocenters. The van der Waals surface area contributed by atoms with Crippen molar-refractivity contribution in [3.63, 3.8) is 0 Å². The average molecular weight is 473 g/mol. The van der Waals surface area contributed by atoms with Crippen LogP contribution in [0.2, 0.25) is 0 Å². The molecule has 5 heteroatoms. The summed E-state index contributed by atoms with van der Waals surface area (Å²) in [7, 11) is 0. The molecule has 3 aromatic rings. The van der Waals surface area contributed by atoms with Gasteiger partial charge in [-0.2, -0.15) is 0 Å². The number of imidazole rings is 1. The summed E-state index contributed by atoms with van der Waals surface area (Å²) < 4.78 is 0. The van der Waals surface area contributed by atoms with E-state index in [0.717, 1.165) is 61.1 Å². The monoisotopic (exact) mass is 472 g/mol. The van der Waals surface area contributed by atoms with Crippen molar-refractivity contribution in [3.8, 4) is 0 Å². The number of H-pyrrole nitrogens is 1. The lowest BCUT2D eigenvalue weighted by Crippen LogP contribution is -2.63. The minimum absolute atomic E-state index is 0.0292. The third-order valence-corrected chi connectivity index (χ3v) is 8.51. The first-order valence-corrected chi connectivity index (χ1v) is 13.2. The Morgan fingerprint density at radius 2 is 1.66 bits per heavy atom. The SMILES string of the molecule is CC1(C)CCC2(CCC(C)(C)C1)CN(C(=O)c1cccc3ccccc13)CCN2Cc1cnc[nH]1. The molecule has 35 heavy (non-hydrogen) atoms. The van der Waals surface area contributed by atoms with Crippen LogP contribution >= 0.6 is 0 Å². The van der Waals surface area contributed by atoms with Gasteiger partial charge in [0.25, 0.3) is 5.91 Å². The molecule has 1 amide bonds. The van der Waals surface area contributed by atoms with Gasteiger partial charge in [-0.05, 0) is 59.8 Å². The largest absolute Gasteiger partial charge is 0.347 e. The number of hydrogen-bond donors (Lipinski definition) is 1. The molecule has 5 nitrogen and oxygen atoms in total. The lowest BCUT2D eigenvalue weighted by atomic mass is 9.64. The van der Waals surface area contributed by atoms with Crippen molar-refractivity contribution in [3.05, 3.63) is 66.2 Å². The van der Waals surface area contributed by atoms with E-state index in [1.54, 1.807) is 6.33 Å². The van der Waals surface area contributed by atoms with E-state index in [9.17, 15) is 4.79 Å². The fraction of sp³-hybridized carbons (Fsp3) is 0.533. The Morgan fingerprint density at radius 1 is 0.943 bits per heavy atom. The minimum atomic E-state index is -0.0292. The normalized spacial score (nSPS) is 22.1. The molecule has 1 aromatic heterocycles. The number of piperazine rings is 1. The predicted molar refractivity (Wildman–Crippen MR) is 142 cm³/mol. The minimum Gasteiger partial charge on any atom is -0.347 e. The van der Waals surface area contributed by atoms with Crippen LogP contribution in [0.5, 0.6) is 0 Å². The van der Waals surface area contributed by atoms with Gasteiger partial charge in [-0.1, -0.05) is 64.1 Å². The van der Waals surface area contributed by atoms with E-state index in [0.29, 0.717) is 10.8 Å². The van der Waals surface area contributed by atoms with E-state index < -0.39 is 0 Å². The first kappa shape index (κ1) is 24.1. The highest BCUT2D eigenvalue weighted by atomic mass is 16.2. The molecule has 1 saturated carbocycles. The molecule has 0 bridgehead atoms. The third kappa shape index (κ3) is 5.02. The number of amides is 1. The second-order valence-corrected chi connectivity index (χ2v) is 12.5. The number of carbonyl (C=O) groups is 1. The van der Waals surface area contributed by atoms with Crippen LogP contribution in [-0.4, -0.2) is 50.8 Å². The summed E-state index contributed by atoms with van der Waals surface area (Å²) in [6, 6.07) is 14.3. The predicted octanol–water partition coefficient (Wildman–Crippen LogP) is 6.28. The van der Waals surface area contributed by atoms with Crippen molar-refractivity contribution in [2.75, 3.05) is 19.6 Å². The van der Waals surface area contributed by atoms with Crippen LogP contribution < -0.4 is 0 Å². The van der Waals surface area contributed by atoms with Crippen molar-refractivity contribution in [1.29, 1.82) is 0 Å². The van der Waals surface area contributed by atoms with Crippen LogP contribution in [0, 0.1) is 10.8 Å². The highest BCUT2D eigenvalue weighted by Gasteiger charge is 2.46. The summed E-state index contributed by atoms with van der Waals surface area (Å²) in [6.07, 6.45) is 9.53. The summed E-state index contributed by atoms with van der Waals surface area (Å²) in [4.78, 5) is 26.3. The third-order valence-electron chi connectivity index (χ3n) is 8.51. The number of hydrogen-bond acceptors (Lipinski definition) is 3. The van der Waals surface area contributed by atoms with Crippen LogP contribution in [0.4, 0.5) is 0 Å². The molecular formula is C30H40N4O. The standard InChI is InChI=1S/C30H40N4O/c1-28(2)12-14-30(15-13-29(3,4)20-28)21-33(16-17-34(30)19-24-18-31-22-32-24)27(35)26-11-7-9-23-8-5-6-10-25(23)26/h5-11,18,22H,12-17,19-21H2,1-4H3,(H,31,32). The number of nitrogens with zero attached hydrogens (tertiary/aromatic N) is 3. The molecule has 1 aliphatic carbocycles. The van der Waals surface area contributed by atoms with Gasteiger partial charge >= 0.3 is 0 Å². The molecule has 2 fully saturated rings. The summed E-state index contributed by atoms with van der Waals surface area (Å²) in [5, 5.41) is 2.18. The molecule has 1 saturated heterocycles. The zero-order valence-electron chi connectivity index (χ0n) is 21.8. The second-order valence-electron chi connectivity index (χ2n) is 12.5. The number of fused-ring (bicyclic) bond motifs is 1. The van der Waals surface area contributed by atoms with Crippen molar-refractivity contribution in [2.24, 2.45) is 10.8 Å². The number of benzene rings is 2. The van der Waals surface area contributed by atoms with E-state index in [1.165, 1.54) is 19.3 Å². The van der Waals surface area contributed by atoms with Crippen LogP contribution in [0.1, 0.15) is 75.9 Å². The number of aromatic amines is 1. The van der Waals surface area contributed by atoms with Crippen LogP contribution in [0.25, 0.3) is 10.8 Å². The van der Waals surface area contributed by atoms with Gasteiger partial charge in [-0.15, -0.1) is 0 Å². The van der Waals surface area contributed by atoms with Gasteiger partial charge < -0.3 is 9.88 Å². The van der Waals surface area contributed by atoms with Gasteiger partial charge in [0, 0.05) is 49.2 Å². The van der Waals surface area contributed by atoms with Gasteiger partial charge in [0.2, 0.25) is 0 Å². The second kappa shape index (κ2) is 9.09. The van der Waals surface area contributed by atoms with E-state index in [4.69, 9.17) is 0 Å². The molecule has 5 rings (SSSR count). The van der Waals surface area contributed by atoms with Crippen molar-refractivity contribution in [2.45, 2.75) is 71.9 Å². The molecule has 2 aliphatic rings. The summed E-state index contributed by atoms with van der Waals surface area (Å²) in [5.74, 6) is 0.169. The van der Waals surface area contributed by atoms with E-state index in [1.807, 2.05) is 30.5 Å². The Hall–Kier alpha value is -2.66. The van der Waals surface area contributed by atoms with E-state index >= 15 is 0 Å². The van der Waals surface area contributed by atoms with Crippen molar-refractivity contribution in [1.82, 2.24) is 19.8 Å². The fourth-order valence-corrected chi connectivity index (χ4v) is 6.81. The number of carbonyl (C=O) groups excluding carboxylic acids is 1. The Balaban J connectivity index is 1.48. The van der Waals surface area contributed by atoms with Crippen LogP contribution in [0.3, 0.4) is 0 Å². The highest BCUT2D eigenvalue weighted by Crippen LogP contribution is 2.47. The molecule has 1 N–H and O–H groups in total. The summed E-state index contributed by atoms with van der Waals surface area (Å²) in [5.41, 5.74) is 2.53. The molecule has 2 aromatic carbocycles. The maximum Gasteiger partial charge on any atom is 0.254 e. The molecule has 0 radical (unpaired) electrons. The fourth-order valence-electron chi connectivity index (χ4n) is 6.81. The lowest BCUT2D eigenvalue weighted by Gasteiger charge is -2.54. The van der Waals surface area contributed by atoms with Gasteiger partial charge in [0.05, 0.1) is 6.33 Å². The first-order valence-electron chi connectivity index (χ1n) is 13.2. The Kier molecular flexibility index (Phi) is 6.25. The zero-order chi connectivity index (χ0) is 24.7. The Morgan fingerprint density at radius 3 is 2.37 bits per heavy atom. The van der Waals surface area contributed by atoms with Crippen LogP contribution in [-0.2, 0) is 6.54 Å². The maximum atomic E-state index is 14.0. The van der Waals surface area contributed by atoms with Gasteiger partial charge in [-0.25, -0.2) is 4.98 Å². The number of aromatic nitrogens is 2. The molecule has 186 valence electrons. The highest BCUT2D eigenvalue weighted by molar-refractivity contribution is 6.07. The van der Waals surface area contributed by atoms with E-state index in [-0.39, 0.29) is 11.4 Å². The summed E-state index contributed by atoms with van der Waals surface area (Å²) >= 11 is 0. The van der Waals surface area contributed by atoms with Gasteiger partial charge in [-0.3, -0.25) is 9.69 Å². The van der Waals surface area contributed by atoms with Crippen molar-refractivity contribution >= 4 is 16.7 Å². The smallest absolute Gasteiger partial charge is 0.254 e. The van der Waals surface area contributed by atoms with Gasteiger partial charge in [0.15, 0.2) is 0 Å². The molecule has 1 spiro atoms. The topological polar surface area (TPSA) is 52.2 Å². The van der Waals surface area contributed by atoms with Crippen LogP contribution in [0.15, 0.2) is 55.0 Å². The Labute approximate surface area is 209 Å². The first-order chi connectivity index (χ1) is 16.7. The van der Waals surface area contributed by atoms with Gasteiger partial charge in [0.1, 0.15) is 0 Å². The number of nitrogens with one attached hydrogen (secondary N) is 1. The quantitative estimate of drug-likeness (QED) is 0.488. The number of rotatable bonds is 3. The molecule has 2 heterocycles. The maximum absolute atomic E-state index is 14.0. The molecular weight excluding hydrogens is 432 g/mol.